The van der Waals surface area contributed by atoms with E-state index in [0.717, 1.165) is 24.2 Å². The van der Waals surface area contributed by atoms with Crippen LogP contribution in [0.15, 0.2) is 0 Å². The van der Waals surface area contributed by atoms with E-state index in [1.165, 1.54) is 57.8 Å². The summed E-state index contributed by atoms with van der Waals surface area (Å²) in [7, 11) is 0. The highest BCUT2D eigenvalue weighted by atomic mass is 19.1. The van der Waals surface area contributed by atoms with Crippen LogP contribution in [0.25, 0.3) is 0 Å². The normalized spacial score (nSPS) is 38.2. The van der Waals surface area contributed by atoms with Crippen molar-refractivity contribution in [2.75, 3.05) is 0 Å². The molecule has 2 aliphatic rings. The molecule has 0 spiro atoms. The van der Waals surface area contributed by atoms with E-state index in [9.17, 15) is 4.39 Å². The molecule has 0 heterocycles. The van der Waals surface area contributed by atoms with Crippen molar-refractivity contribution in [2.24, 2.45) is 35.5 Å². The zero-order valence-corrected chi connectivity index (χ0v) is 15.5. The van der Waals surface area contributed by atoms with Gasteiger partial charge < -0.3 is 0 Å². The second kappa shape index (κ2) is 8.69. The first-order valence-corrected chi connectivity index (χ1v) is 10.1. The first kappa shape index (κ1) is 18.3. The zero-order valence-electron chi connectivity index (χ0n) is 15.5. The Hall–Kier alpha value is -0.0700. The van der Waals surface area contributed by atoms with Gasteiger partial charge in [-0.3, -0.25) is 0 Å². The Labute approximate surface area is 138 Å². The van der Waals surface area contributed by atoms with Crippen molar-refractivity contribution in [1.29, 1.82) is 0 Å². The fraction of sp³-hybridized carbons (Fsp3) is 1.00. The molecule has 0 aromatic rings. The lowest BCUT2D eigenvalue weighted by Gasteiger charge is -2.41. The van der Waals surface area contributed by atoms with Crippen LogP contribution in [0.5, 0.6) is 0 Å². The van der Waals surface area contributed by atoms with Crippen molar-refractivity contribution in [2.45, 2.75) is 98.1 Å². The van der Waals surface area contributed by atoms with E-state index in [0.29, 0.717) is 17.8 Å². The van der Waals surface area contributed by atoms with Gasteiger partial charge in [0.25, 0.3) is 0 Å². The van der Waals surface area contributed by atoms with Crippen LogP contribution in [0.4, 0.5) is 4.39 Å². The Balaban J connectivity index is 1.83. The molecule has 0 aromatic heterocycles. The molecule has 130 valence electrons. The highest BCUT2D eigenvalue weighted by Crippen LogP contribution is 2.45. The fourth-order valence-electron chi connectivity index (χ4n) is 5.16. The molecule has 2 rings (SSSR count). The summed E-state index contributed by atoms with van der Waals surface area (Å²) in [5, 5.41) is 0. The van der Waals surface area contributed by atoms with Crippen molar-refractivity contribution in [3.05, 3.63) is 0 Å². The van der Waals surface area contributed by atoms with E-state index in [2.05, 4.69) is 27.7 Å². The maximum atomic E-state index is 14.9. The van der Waals surface area contributed by atoms with Gasteiger partial charge in [-0.25, -0.2) is 4.39 Å². The molecule has 0 aromatic carbocycles. The van der Waals surface area contributed by atoms with E-state index in [-0.39, 0.29) is 0 Å². The molecule has 0 bridgehead atoms. The average Bonchev–Trinajstić information content (AvgIpc) is 2.49. The highest BCUT2D eigenvalue weighted by molar-refractivity contribution is 4.88. The van der Waals surface area contributed by atoms with Gasteiger partial charge in [0.1, 0.15) is 6.17 Å². The molecule has 22 heavy (non-hydrogen) atoms. The van der Waals surface area contributed by atoms with Crippen molar-refractivity contribution in [1.82, 2.24) is 0 Å². The molecule has 1 heteroatoms. The predicted octanol–water partition coefficient (Wildman–Crippen LogP) is 7.03. The molecule has 0 saturated heterocycles. The van der Waals surface area contributed by atoms with E-state index in [1.807, 2.05) is 0 Å². The van der Waals surface area contributed by atoms with Crippen LogP contribution in [0.2, 0.25) is 0 Å². The van der Waals surface area contributed by atoms with E-state index >= 15 is 0 Å². The fourth-order valence-corrected chi connectivity index (χ4v) is 5.16. The zero-order chi connectivity index (χ0) is 16.1. The van der Waals surface area contributed by atoms with E-state index in [1.54, 1.807) is 0 Å². The van der Waals surface area contributed by atoms with Crippen molar-refractivity contribution < 1.29 is 4.39 Å². The number of hydrogen-bond acceptors (Lipinski definition) is 0. The molecule has 0 amide bonds. The lowest BCUT2D eigenvalue weighted by atomic mass is 9.66. The Bertz CT molecular complexity index is 303. The van der Waals surface area contributed by atoms with Gasteiger partial charge in [0.2, 0.25) is 0 Å². The minimum absolute atomic E-state index is 0.395. The molecule has 0 nitrogen and oxygen atoms in total. The molecule has 0 aliphatic heterocycles. The Morgan fingerprint density at radius 3 is 2.18 bits per heavy atom. The second-order valence-corrected chi connectivity index (χ2v) is 8.91. The predicted molar refractivity (Wildman–Crippen MR) is 94.7 cm³/mol. The average molecular weight is 311 g/mol. The minimum atomic E-state index is -0.509. The molecule has 2 saturated carbocycles. The Morgan fingerprint density at radius 2 is 1.64 bits per heavy atom. The lowest BCUT2D eigenvalue weighted by Crippen LogP contribution is -2.35. The maximum absolute atomic E-state index is 14.9. The van der Waals surface area contributed by atoms with Crippen molar-refractivity contribution >= 4 is 0 Å². The van der Waals surface area contributed by atoms with Crippen LogP contribution in [0, 0.1) is 35.5 Å². The third kappa shape index (κ3) is 4.96. The molecule has 0 radical (unpaired) electrons. The number of hydrogen-bond donors (Lipinski definition) is 0. The van der Waals surface area contributed by atoms with Gasteiger partial charge in [0, 0.05) is 0 Å². The summed E-state index contributed by atoms with van der Waals surface area (Å²) >= 11 is 0. The van der Waals surface area contributed by atoms with Crippen LogP contribution in [-0.4, -0.2) is 6.17 Å². The Morgan fingerprint density at radius 1 is 0.955 bits per heavy atom. The van der Waals surface area contributed by atoms with Crippen LogP contribution < -0.4 is 0 Å². The van der Waals surface area contributed by atoms with Gasteiger partial charge in [0.15, 0.2) is 0 Å². The third-order valence-corrected chi connectivity index (χ3v) is 6.84. The molecule has 0 N–H and O–H groups in total. The van der Waals surface area contributed by atoms with Gasteiger partial charge in [-0.1, -0.05) is 53.4 Å². The molecule has 4 unspecified atom stereocenters. The minimum Gasteiger partial charge on any atom is -0.247 e. The quantitative estimate of drug-likeness (QED) is 0.494. The topological polar surface area (TPSA) is 0 Å². The van der Waals surface area contributed by atoms with Gasteiger partial charge in [-0.15, -0.1) is 0 Å². The van der Waals surface area contributed by atoms with Gasteiger partial charge in [-0.05, 0) is 74.0 Å². The number of alkyl halides is 1. The van der Waals surface area contributed by atoms with Crippen LogP contribution in [0.1, 0.15) is 91.9 Å². The Kier molecular flexibility index (Phi) is 7.22. The summed E-state index contributed by atoms with van der Waals surface area (Å²) in [5.41, 5.74) is 0. The van der Waals surface area contributed by atoms with E-state index < -0.39 is 6.17 Å². The summed E-state index contributed by atoms with van der Waals surface area (Å²) in [4.78, 5) is 0. The first-order valence-electron chi connectivity index (χ1n) is 10.1. The monoisotopic (exact) mass is 310 g/mol. The first-order chi connectivity index (χ1) is 10.5. The summed E-state index contributed by atoms with van der Waals surface area (Å²) in [5.74, 6) is 4.20. The second-order valence-electron chi connectivity index (χ2n) is 8.91. The third-order valence-electron chi connectivity index (χ3n) is 6.84. The summed E-state index contributed by atoms with van der Waals surface area (Å²) in [6.45, 7) is 9.30. The molecule has 2 fully saturated rings. The van der Waals surface area contributed by atoms with Gasteiger partial charge >= 0.3 is 0 Å². The highest BCUT2D eigenvalue weighted by Gasteiger charge is 2.38. The summed E-state index contributed by atoms with van der Waals surface area (Å²) in [6.07, 6.45) is 12.0. The summed E-state index contributed by atoms with van der Waals surface area (Å²) in [6, 6.07) is 0. The maximum Gasteiger partial charge on any atom is 0.103 e. The summed E-state index contributed by atoms with van der Waals surface area (Å²) < 4.78 is 14.9. The van der Waals surface area contributed by atoms with Crippen LogP contribution in [-0.2, 0) is 0 Å². The van der Waals surface area contributed by atoms with Gasteiger partial charge in [-0.2, -0.15) is 0 Å². The van der Waals surface area contributed by atoms with Crippen molar-refractivity contribution in [3.8, 4) is 0 Å². The lowest BCUT2D eigenvalue weighted by molar-refractivity contribution is 0.0410. The standard InChI is InChI=1S/C21H39F/c1-5-17(9-6-15(2)3)19-12-13-20(21(22)14-19)18-10-7-16(4)8-11-18/h15-21H,5-14H2,1-4H3. The molecule has 4 atom stereocenters. The number of halogens is 1. The molecular weight excluding hydrogens is 271 g/mol. The van der Waals surface area contributed by atoms with Crippen LogP contribution >= 0.6 is 0 Å². The van der Waals surface area contributed by atoms with E-state index in [4.69, 9.17) is 0 Å². The SMILES string of the molecule is CCC(CCC(C)C)C1CCC(C2CCC(C)CC2)C(F)C1. The largest absolute Gasteiger partial charge is 0.247 e. The smallest absolute Gasteiger partial charge is 0.103 e. The molecular formula is C21H39F. The van der Waals surface area contributed by atoms with Crippen LogP contribution in [0.3, 0.4) is 0 Å². The van der Waals surface area contributed by atoms with Gasteiger partial charge in [0.05, 0.1) is 0 Å². The molecule has 2 aliphatic carbocycles. The number of rotatable bonds is 6. The van der Waals surface area contributed by atoms with Crippen molar-refractivity contribution in [3.63, 3.8) is 0 Å².